The number of aryl methyl sites for hydroxylation is 1. The Labute approximate surface area is 146 Å². The van der Waals surface area contributed by atoms with Gasteiger partial charge in [0.2, 0.25) is 0 Å². The molecule has 0 saturated carbocycles. The van der Waals surface area contributed by atoms with Crippen molar-refractivity contribution >= 4 is 28.4 Å². The number of rotatable bonds is 3. The quantitative estimate of drug-likeness (QED) is 0.554. The van der Waals surface area contributed by atoms with Gasteiger partial charge in [0.1, 0.15) is 0 Å². The summed E-state index contributed by atoms with van der Waals surface area (Å²) in [7, 11) is 4.12. The highest BCUT2D eigenvalue weighted by atomic mass is 35.5. The summed E-state index contributed by atoms with van der Waals surface area (Å²) in [4.78, 5) is 15.2. The molecule has 2 heterocycles. The average Bonchev–Trinajstić information content (AvgIpc) is 3.05. The number of hydrogen-bond acceptors (Lipinski definition) is 2. The van der Waals surface area contributed by atoms with E-state index < -0.39 is 0 Å². The van der Waals surface area contributed by atoms with Gasteiger partial charge in [-0.25, -0.2) is 0 Å². The van der Waals surface area contributed by atoms with E-state index >= 15 is 0 Å². The Bertz CT molecular complexity index is 985. The smallest absolute Gasteiger partial charge is 0.263 e. The van der Waals surface area contributed by atoms with E-state index in [0.717, 1.165) is 51.3 Å². The normalized spacial score (nSPS) is 13.0. The van der Waals surface area contributed by atoms with Gasteiger partial charge >= 0.3 is 0 Å². The molecular formula is C20H19ClN2O. The second-order valence-corrected chi connectivity index (χ2v) is 7.06. The molecule has 0 saturated heterocycles. The van der Waals surface area contributed by atoms with Gasteiger partial charge in [-0.15, -0.1) is 0 Å². The Morgan fingerprint density at radius 2 is 1.79 bits per heavy atom. The van der Waals surface area contributed by atoms with Crippen molar-refractivity contribution in [1.82, 2.24) is 9.47 Å². The Hall–Kier alpha value is -2.10. The first-order valence-electron chi connectivity index (χ1n) is 8.12. The lowest BCUT2D eigenvalue weighted by atomic mass is 9.99. The number of aromatic nitrogens is 1. The molecule has 1 aliphatic rings. The predicted molar refractivity (Wildman–Crippen MR) is 99.1 cm³/mol. The Morgan fingerprint density at radius 3 is 2.50 bits per heavy atom. The molecule has 1 aliphatic heterocycles. The van der Waals surface area contributed by atoms with Crippen molar-refractivity contribution in [3.63, 3.8) is 0 Å². The molecule has 4 heteroatoms. The van der Waals surface area contributed by atoms with Gasteiger partial charge in [0, 0.05) is 23.1 Å². The zero-order valence-corrected chi connectivity index (χ0v) is 14.8. The monoisotopic (exact) mass is 338 g/mol. The molecule has 3 aromatic rings. The number of fused-ring (bicyclic) bond motifs is 5. The van der Waals surface area contributed by atoms with Crippen LogP contribution in [0.1, 0.15) is 21.5 Å². The maximum Gasteiger partial charge on any atom is 0.263 e. The summed E-state index contributed by atoms with van der Waals surface area (Å²) >= 11 is 6.55. The molecule has 0 amide bonds. The summed E-state index contributed by atoms with van der Waals surface area (Å²) in [6.45, 7) is 2.95. The van der Waals surface area contributed by atoms with Crippen LogP contribution in [-0.4, -0.2) is 36.0 Å². The molecule has 122 valence electrons. The number of nitrogens with zero attached hydrogens (tertiary/aromatic N) is 2. The third-order valence-electron chi connectivity index (χ3n) is 4.79. The zero-order chi connectivity index (χ0) is 17.0. The van der Waals surface area contributed by atoms with Gasteiger partial charge in [-0.1, -0.05) is 35.9 Å². The highest BCUT2D eigenvalue weighted by Gasteiger charge is 2.33. The van der Waals surface area contributed by atoms with Crippen molar-refractivity contribution in [2.45, 2.75) is 13.3 Å². The zero-order valence-electron chi connectivity index (χ0n) is 14.1. The lowest BCUT2D eigenvalue weighted by Crippen LogP contribution is -2.15. The van der Waals surface area contributed by atoms with E-state index in [0.29, 0.717) is 0 Å². The first-order chi connectivity index (χ1) is 11.5. The second kappa shape index (κ2) is 5.47. The lowest BCUT2D eigenvalue weighted by molar-refractivity contribution is 0.0973. The molecular weight excluding hydrogens is 320 g/mol. The largest absolute Gasteiger partial charge is 0.309 e. The Balaban J connectivity index is 2.11. The van der Waals surface area contributed by atoms with E-state index in [1.807, 2.05) is 47.9 Å². The molecule has 0 unspecified atom stereocenters. The van der Waals surface area contributed by atoms with Crippen LogP contribution in [0.15, 0.2) is 36.4 Å². The van der Waals surface area contributed by atoms with Crippen LogP contribution in [-0.2, 0) is 6.42 Å². The van der Waals surface area contributed by atoms with E-state index in [1.165, 1.54) is 5.56 Å². The Kier molecular flexibility index (Phi) is 3.52. The maximum atomic E-state index is 13.0. The van der Waals surface area contributed by atoms with E-state index in [2.05, 4.69) is 19.0 Å². The fraction of sp³-hybridized carbons (Fsp3) is 0.250. The molecule has 0 radical (unpaired) electrons. The molecule has 2 aromatic carbocycles. The number of carbonyl (C=O) groups is 1. The van der Waals surface area contributed by atoms with Crippen LogP contribution in [0.5, 0.6) is 0 Å². The lowest BCUT2D eigenvalue weighted by Gasteiger charge is -2.11. The van der Waals surface area contributed by atoms with E-state index in [9.17, 15) is 4.79 Å². The summed E-state index contributed by atoms with van der Waals surface area (Å²) in [6, 6.07) is 11.8. The average molecular weight is 339 g/mol. The maximum absolute atomic E-state index is 13.0. The minimum Gasteiger partial charge on any atom is -0.309 e. The fourth-order valence-corrected chi connectivity index (χ4v) is 3.94. The second-order valence-electron chi connectivity index (χ2n) is 6.65. The van der Waals surface area contributed by atoms with Crippen molar-refractivity contribution in [2.24, 2.45) is 0 Å². The van der Waals surface area contributed by atoms with Gasteiger partial charge in [-0.05, 0) is 50.7 Å². The minimum atomic E-state index is 0.0482. The number of carbonyl (C=O) groups excluding carboxylic acids is 1. The van der Waals surface area contributed by atoms with Crippen molar-refractivity contribution in [3.8, 4) is 11.3 Å². The van der Waals surface area contributed by atoms with Gasteiger partial charge in [0.25, 0.3) is 5.91 Å². The molecule has 0 aliphatic carbocycles. The van der Waals surface area contributed by atoms with E-state index in [1.54, 1.807) is 0 Å². The van der Waals surface area contributed by atoms with Crippen LogP contribution in [0.3, 0.4) is 0 Å². The third-order valence-corrected chi connectivity index (χ3v) is 5.10. The molecule has 1 aromatic heterocycles. The predicted octanol–water partition coefficient (Wildman–Crippen LogP) is 4.38. The summed E-state index contributed by atoms with van der Waals surface area (Å²) in [5.41, 5.74) is 6.01. The number of hydrogen-bond donors (Lipinski definition) is 0. The number of halogens is 1. The van der Waals surface area contributed by atoms with Crippen LogP contribution in [0.25, 0.3) is 22.2 Å². The standard InChI is InChI=1S/C20H19ClN2O/c1-12-8-9-16(21)17-15(10-11-22(2)3)19-13-6-4-5-7-14(13)20(24)23(19)18(12)17/h4-9H,10-11H2,1-3H3. The summed E-state index contributed by atoms with van der Waals surface area (Å²) in [5, 5.41) is 1.74. The summed E-state index contributed by atoms with van der Waals surface area (Å²) in [5.74, 6) is 0.0482. The van der Waals surface area contributed by atoms with Crippen molar-refractivity contribution < 1.29 is 4.79 Å². The van der Waals surface area contributed by atoms with E-state index in [4.69, 9.17) is 11.6 Å². The molecule has 4 rings (SSSR count). The van der Waals surface area contributed by atoms with Gasteiger partial charge in [0.05, 0.1) is 16.2 Å². The van der Waals surface area contributed by atoms with Gasteiger partial charge in [-0.2, -0.15) is 0 Å². The molecule has 0 N–H and O–H groups in total. The van der Waals surface area contributed by atoms with Gasteiger partial charge in [-0.3, -0.25) is 9.36 Å². The molecule has 0 fully saturated rings. The first kappa shape index (κ1) is 15.4. The summed E-state index contributed by atoms with van der Waals surface area (Å²) in [6.07, 6.45) is 0.858. The molecule has 24 heavy (non-hydrogen) atoms. The SMILES string of the molecule is Cc1ccc(Cl)c2c(CCN(C)C)c3n(c12)C(=O)c1ccccc1-3. The third kappa shape index (κ3) is 2.05. The molecule has 0 bridgehead atoms. The number of benzene rings is 2. The molecule has 3 nitrogen and oxygen atoms in total. The van der Waals surface area contributed by atoms with Crippen LogP contribution >= 0.6 is 11.6 Å². The minimum absolute atomic E-state index is 0.0482. The van der Waals surface area contributed by atoms with Crippen molar-refractivity contribution in [2.75, 3.05) is 20.6 Å². The van der Waals surface area contributed by atoms with Gasteiger partial charge < -0.3 is 4.90 Å². The highest BCUT2D eigenvalue weighted by molar-refractivity contribution is 6.36. The van der Waals surface area contributed by atoms with Crippen molar-refractivity contribution in [3.05, 3.63) is 58.1 Å². The highest BCUT2D eigenvalue weighted by Crippen LogP contribution is 2.44. The van der Waals surface area contributed by atoms with Crippen LogP contribution in [0.4, 0.5) is 0 Å². The van der Waals surface area contributed by atoms with Crippen LogP contribution < -0.4 is 0 Å². The topological polar surface area (TPSA) is 25.2 Å². The number of likely N-dealkylation sites (N-methyl/N-ethyl adjacent to an activating group) is 1. The first-order valence-corrected chi connectivity index (χ1v) is 8.49. The van der Waals surface area contributed by atoms with Crippen LogP contribution in [0.2, 0.25) is 5.02 Å². The van der Waals surface area contributed by atoms with Crippen LogP contribution in [0, 0.1) is 6.92 Å². The molecule has 0 spiro atoms. The van der Waals surface area contributed by atoms with Crippen molar-refractivity contribution in [1.29, 1.82) is 0 Å². The Morgan fingerprint density at radius 1 is 1.08 bits per heavy atom. The van der Waals surface area contributed by atoms with Gasteiger partial charge in [0.15, 0.2) is 0 Å². The summed E-state index contributed by atoms with van der Waals surface area (Å²) < 4.78 is 1.87. The van der Waals surface area contributed by atoms with E-state index in [-0.39, 0.29) is 5.91 Å². The molecule has 0 atom stereocenters. The fourth-order valence-electron chi connectivity index (χ4n) is 3.67.